The Morgan fingerprint density at radius 2 is 1.96 bits per heavy atom. The van der Waals surface area contributed by atoms with Crippen molar-refractivity contribution in [1.82, 2.24) is 0 Å². The first-order chi connectivity index (χ1) is 13.6. The minimum Gasteiger partial charge on any atom is -0.489 e. The fourth-order valence-electron chi connectivity index (χ4n) is 4.17. The van der Waals surface area contributed by atoms with Crippen LogP contribution >= 0.6 is 0 Å². The van der Waals surface area contributed by atoms with E-state index in [4.69, 9.17) is 19.0 Å². The summed E-state index contributed by atoms with van der Waals surface area (Å²) in [5.41, 5.74) is 1.78. The third-order valence-corrected chi connectivity index (χ3v) is 5.85. The molecule has 0 bridgehead atoms. The molecule has 4 rings (SSSR count). The summed E-state index contributed by atoms with van der Waals surface area (Å²) < 4.78 is 18.1. The van der Waals surface area contributed by atoms with Crippen LogP contribution in [0.15, 0.2) is 23.4 Å². The molecule has 3 aliphatic rings. The van der Waals surface area contributed by atoms with Crippen LogP contribution in [0.1, 0.15) is 70.8 Å². The van der Waals surface area contributed by atoms with Gasteiger partial charge in [-0.1, -0.05) is 31.8 Å². The predicted molar refractivity (Wildman–Crippen MR) is 109 cm³/mol. The average molecular weight is 388 g/mol. The molecule has 2 fully saturated rings. The van der Waals surface area contributed by atoms with Gasteiger partial charge in [-0.2, -0.15) is 0 Å². The first kappa shape index (κ1) is 19.6. The maximum atomic E-state index is 6.47. The second-order valence-corrected chi connectivity index (χ2v) is 8.89. The highest BCUT2D eigenvalue weighted by molar-refractivity contribution is 6.02. The summed E-state index contributed by atoms with van der Waals surface area (Å²) in [5, 5.41) is 4.39. The van der Waals surface area contributed by atoms with Crippen LogP contribution in [0.4, 0.5) is 0 Å². The first-order valence-electron chi connectivity index (χ1n) is 10.9. The van der Waals surface area contributed by atoms with Crippen LogP contribution in [0.3, 0.4) is 0 Å². The highest BCUT2D eigenvalue weighted by atomic mass is 16.7. The van der Waals surface area contributed by atoms with E-state index in [-0.39, 0.29) is 11.7 Å². The largest absolute Gasteiger partial charge is 0.489 e. The number of oxime groups is 1. The minimum absolute atomic E-state index is 0.259. The van der Waals surface area contributed by atoms with E-state index in [1.807, 2.05) is 6.07 Å². The van der Waals surface area contributed by atoms with Gasteiger partial charge in [0.2, 0.25) is 0 Å². The molecule has 0 amide bonds. The summed E-state index contributed by atoms with van der Waals surface area (Å²) in [7, 11) is 0. The summed E-state index contributed by atoms with van der Waals surface area (Å²) in [4.78, 5) is 5.77. The fraction of sp³-hybridized carbons (Fsp3) is 0.696. The molecule has 28 heavy (non-hydrogen) atoms. The predicted octanol–water partition coefficient (Wildman–Crippen LogP) is 5.11. The van der Waals surface area contributed by atoms with Crippen molar-refractivity contribution in [2.45, 2.75) is 76.9 Å². The molecule has 1 saturated carbocycles. The van der Waals surface area contributed by atoms with Crippen LogP contribution in [-0.2, 0) is 9.57 Å². The van der Waals surface area contributed by atoms with Gasteiger partial charge >= 0.3 is 0 Å². The van der Waals surface area contributed by atoms with Gasteiger partial charge in [-0.05, 0) is 49.8 Å². The zero-order valence-corrected chi connectivity index (χ0v) is 17.2. The number of hydrogen-bond acceptors (Lipinski definition) is 5. The van der Waals surface area contributed by atoms with E-state index in [1.165, 1.54) is 25.7 Å². The Morgan fingerprint density at radius 3 is 2.68 bits per heavy atom. The monoisotopic (exact) mass is 387 g/mol. The van der Waals surface area contributed by atoms with E-state index < -0.39 is 0 Å². The third-order valence-electron chi connectivity index (χ3n) is 5.85. The minimum atomic E-state index is -0.259. The van der Waals surface area contributed by atoms with Crippen LogP contribution < -0.4 is 9.47 Å². The number of ether oxygens (including phenoxy) is 3. The summed E-state index contributed by atoms with van der Waals surface area (Å²) in [6.45, 7) is 6.38. The van der Waals surface area contributed by atoms with Crippen molar-refractivity contribution in [3.63, 3.8) is 0 Å². The molecule has 0 radical (unpaired) electrons. The number of benzene rings is 1. The maximum absolute atomic E-state index is 6.47. The van der Waals surface area contributed by atoms with E-state index in [2.05, 4.69) is 31.1 Å². The molecule has 0 N–H and O–H groups in total. The SMILES string of the molecule is CC(C)COc1ccc(C2=NOC3(CCOC3)C2)cc1OC1CCCCCC1. The second-order valence-electron chi connectivity index (χ2n) is 8.89. The van der Waals surface area contributed by atoms with E-state index in [1.54, 1.807) is 0 Å². The molecule has 1 aromatic rings. The van der Waals surface area contributed by atoms with Crippen LogP contribution in [0.25, 0.3) is 0 Å². The molecule has 2 aliphatic heterocycles. The van der Waals surface area contributed by atoms with Crippen molar-refractivity contribution in [1.29, 1.82) is 0 Å². The Morgan fingerprint density at radius 1 is 1.14 bits per heavy atom. The van der Waals surface area contributed by atoms with E-state index in [9.17, 15) is 0 Å². The van der Waals surface area contributed by atoms with Crippen LogP contribution in [0, 0.1) is 5.92 Å². The smallest absolute Gasteiger partial charge is 0.168 e. The van der Waals surface area contributed by atoms with Crippen molar-refractivity contribution in [2.24, 2.45) is 11.1 Å². The van der Waals surface area contributed by atoms with E-state index in [0.29, 0.717) is 19.1 Å². The summed E-state index contributed by atoms with van der Waals surface area (Å²) >= 11 is 0. The molecule has 1 spiro atoms. The molecular formula is C23H33NO4. The van der Waals surface area contributed by atoms with Crippen molar-refractivity contribution in [3.8, 4) is 11.5 Å². The molecule has 1 unspecified atom stereocenters. The van der Waals surface area contributed by atoms with Gasteiger partial charge in [0.25, 0.3) is 0 Å². The van der Waals surface area contributed by atoms with Crippen molar-refractivity contribution < 1.29 is 19.0 Å². The lowest BCUT2D eigenvalue weighted by Gasteiger charge is -2.21. The Hall–Kier alpha value is -1.75. The zero-order valence-electron chi connectivity index (χ0n) is 17.2. The van der Waals surface area contributed by atoms with Crippen molar-refractivity contribution in [2.75, 3.05) is 19.8 Å². The summed E-state index contributed by atoms with van der Waals surface area (Å²) in [6, 6.07) is 6.20. The molecule has 1 atom stereocenters. The van der Waals surface area contributed by atoms with Crippen LogP contribution in [0.5, 0.6) is 11.5 Å². The van der Waals surface area contributed by atoms with E-state index >= 15 is 0 Å². The number of hydrogen-bond donors (Lipinski definition) is 0. The summed E-state index contributed by atoms with van der Waals surface area (Å²) in [6.07, 6.45) is 9.34. The third kappa shape index (κ3) is 4.62. The molecule has 5 heteroatoms. The Bertz CT molecular complexity index is 686. The van der Waals surface area contributed by atoms with E-state index in [0.717, 1.165) is 55.1 Å². The number of nitrogens with zero attached hydrogens (tertiary/aromatic N) is 1. The van der Waals surface area contributed by atoms with Gasteiger partial charge in [0.15, 0.2) is 17.1 Å². The summed E-state index contributed by atoms with van der Waals surface area (Å²) in [5.74, 6) is 2.15. The topological polar surface area (TPSA) is 49.3 Å². The molecule has 1 aliphatic carbocycles. The standard InChI is InChI=1S/C23H33NO4/c1-17(2)15-26-21-10-9-18(20-14-23(28-24-20)11-12-25-16-23)13-22(21)27-19-7-5-3-4-6-8-19/h9-10,13,17,19H,3-8,11-12,14-16H2,1-2H3. The molecule has 5 nitrogen and oxygen atoms in total. The van der Waals surface area contributed by atoms with Gasteiger partial charge in [0.1, 0.15) is 0 Å². The molecule has 1 saturated heterocycles. The lowest BCUT2D eigenvalue weighted by Crippen LogP contribution is -2.29. The maximum Gasteiger partial charge on any atom is 0.168 e. The number of rotatable bonds is 6. The van der Waals surface area contributed by atoms with Crippen molar-refractivity contribution >= 4 is 5.71 Å². The van der Waals surface area contributed by atoms with Gasteiger partial charge < -0.3 is 19.0 Å². The van der Waals surface area contributed by atoms with Gasteiger partial charge in [-0.15, -0.1) is 0 Å². The van der Waals surface area contributed by atoms with Crippen LogP contribution in [-0.4, -0.2) is 37.2 Å². The van der Waals surface area contributed by atoms with Crippen LogP contribution in [0.2, 0.25) is 0 Å². The molecule has 1 aromatic carbocycles. The van der Waals surface area contributed by atoms with Gasteiger partial charge in [-0.25, -0.2) is 0 Å². The van der Waals surface area contributed by atoms with Gasteiger partial charge in [0, 0.05) is 18.4 Å². The normalized spacial score (nSPS) is 25.6. The lowest BCUT2D eigenvalue weighted by molar-refractivity contribution is -0.0237. The average Bonchev–Trinajstić information content (AvgIpc) is 3.25. The second kappa shape index (κ2) is 8.73. The van der Waals surface area contributed by atoms with Crippen molar-refractivity contribution in [3.05, 3.63) is 23.8 Å². The lowest BCUT2D eigenvalue weighted by atomic mass is 9.93. The molecule has 154 valence electrons. The highest BCUT2D eigenvalue weighted by Crippen LogP contribution is 2.37. The Kier molecular flexibility index (Phi) is 6.10. The highest BCUT2D eigenvalue weighted by Gasteiger charge is 2.43. The van der Waals surface area contributed by atoms with Gasteiger partial charge in [-0.3, -0.25) is 0 Å². The first-order valence-corrected chi connectivity index (χ1v) is 10.9. The Labute approximate surface area is 168 Å². The zero-order chi connectivity index (χ0) is 19.4. The molecular weight excluding hydrogens is 354 g/mol. The van der Waals surface area contributed by atoms with Gasteiger partial charge in [0.05, 0.1) is 31.6 Å². The fourth-order valence-corrected chi connectivity index (χ4v) is 4.17. The molecule has 2 heterocycles. The quantitative estimate of drug-likeness (QED) is 0.637. The molecule has 0 aromatic heterocycles. The Balaban J connectivity index is 1.53.